The van der Waals surface area contributed by atoms with Crippen molar-refractivity contribution in [3.05, 3.63) is 0 Å². The maximum Gasteiger partial charge on any atom is 0.320 e. The lowest BCUT2D eigenvalue weighted by Crippen LogP contribution is -2.50. The van der Waals surface area contributed by atoms with Crippen molar-refractivity contribution < 1.29 is 14.7 Å². The van der Waals surface area contributed by atoms with E-state index in [2.05, 4.69) is 0 Å². The van der Waals surface area contributed by atoms with Gasteiger partial charge in [-0.05, 0) is 39.0 Å². The summed E-state index contributed by atoms with van der Waals surface area (Å²) in [6.45, 7) is 5.15. The molecule has 2 fully saturated rings. The molecular weight excluding hydrogens is 256 g/mol. The number of urea groups is 1. The van der Waals surface area contributed by atoms with Crippen LogP contribution in [0.15, 0.2) is 0 Å². The van der Waals surface area contributed by atoms with E-state index in [0.29, 0.717) is 18.5 Å². The second-order valence-corrected chi connectivity index (χ2v) is 6.11. The summed E-state index contributed by atoms with van der Waals surface area (Å²) >= 11 is 0. The van der Waals surface area contributed by atoms with Crippen molar-refractivity contribution in [2.75, 3.05) is 13.1 Å². The number of fused-ring (bicyclic) bond motifs is 1. The van der Waals surface area contributed by atoms with Gasteiger partial charge in [0, 0.05) is 25.2 Å². The molecule has 2 rings (SSSR count). The number of rotatable bonds is 4. The monoisotopic (exact) mass is 282 g/mol. The number of carboxylic acids is 1. The minimum absolute atomic E-state index is 0.0154. The molecule has 1 saturated heterocycles. The predicted molar refractivity (Wildman–Crippen MR) is 76.6 cm³/mol. The van der Waals surface area contributed by atoms with E-state index in [4.69, 9.17) is 5.11 Å². The van der Waals surface area contributed by atoms with Crippen LogP contribution in [0.4, 0.5) is 4.79 Å². The van der Waals surface area contributed by atoms with Crippen LogP contribution in [0.1, 0.15) is 52.4 Å². The molecule has 3 atom stereocenters. The maximum absolute atomic E-state index is 12.7. The minimum atomic E-state index is -0.847. The van der Waals surface area contributed by atoms with E-state index in [1.54, 1.807) is 4.90 Å². The molecule has 1 N–H and O–H groups in total. The van der Waals surface area contributed by atoms with Gasteiger partial charge >= 0.3 is 12.0 Å². The molecule has 0 bridgehead atoms. The smallest absolute Gasteiger partial charge is 0.320 e. The van der Waals surface area contributed by atoms with Crippen molar-refractivity contribution in [2.24, 2.45) is 5.92 Å². The molecule has 1 heterocycles. The fraction of sp³-hybridized carbons (Fsp3) is 0.867. The number of carboxylic acid groups (broad SMARTS) is 1. The first-order valence-corrected chi connectivity index (χ1v) is 7.83. The third-order valence-corrected chi connectivity index (χ3v) is 4.84. The van der Waals surface area contributed by atoms with Crippen LogP contribution in [0.5, 0.6) is 0 Å². The number of likely N-dealkylation sites (tertiary alicyclic amines) is 1. The Morgan fingerprint density at radius 1 is 1.30 bits per heavy atom. The molecule has 0 aromatic carbocycles. The van der Waals surface area contributed by atoms with Crippen molar-refractivity contribution in [2.45, 2.75) is 64.5 Å². The highest BCUT2D eigenvalue weighted by Gasteiger charge is 2.40. The second kappa shape index (κ2) is 6.46. The normalized spacial score (nSPS) is 27.0. The van der Waals surface area contributed by atoms with Crippen molar-refractivity contribution in [3.63, 3.8) is 0 Å². The molecule has 5 nitrogen and oxygen atoms in total. The zero-order valence-electron chi connectivity index (χ0n) is 12.5. The standard InChI is InChI=1S/C15H26N2O3/c1-3-16(11(2)10-14(18)19)15(20)17-9-8-12-6-4-5-7-13(12)17/h11-13H,3-10H2,1-2H3,(H,18,19). The van der Waals surface area contributed by atoms with E-state index in [1.807, 2.05) is 18.7 Å². The Labute approximate surface area is 120 Å². The predicted octanol–water partition coefficient (Wildman–Crippen LogP) is 2.56. The van der Waals surface area contributed by atoms with Gasteiger partial charge in [0.2, 0.25) is 0 Å². The summed E-state index contributed by atoms with van der Waals surface area (Å²) in [6.07, 6.45) is 5.98. The number of carbonyl (C=O) groups excluding carboxylic acids is 1. The molecule has 0 radical (unpaired) electrons. The van der Waals surface area contributed by atoms with E-state index in [0.717, 1.165) is 19.4 Å². The fourth-order valence-corrected chi connectivity index (χ4v) is 3.81. The molecule has 5 heteroatoms. The van der Waals surface area contributed by atoms with Gasteiger partial charge in [-0.25, -0.2) is 4.79 Å². The summed E-state index contributed by atoms with van der Waals surface area (Å²) in [5, 5.41) is 8.91. The summed E-state index contributed by atoms with van der Waals surface area (Å²) < 4.78 is 0. The van der Waals surface area contributed by atoms with E-state index in [-0.39, 0.29) is 18.5 Å². The summed E-state index contributed by atoms with van der Waals surface area (Å²) in [4.78, 5) is 27.3. The Morgan fingerprint density at radius 3 is 2.65 bits per heavy atom. The number of hydrogen-bond donors (Lipinski definition) is 1. The fourth-order valence-electron chi connectivity index (χ4n) is 3.81. The van der Waals surface area contributed by atoms with Crippen LogP contribution in [-0.2, 0) is 4.79 Å². The first kappa shape index (κ1) is 15.1. The van der Waals surface area contributed by atoms with Crippen LogP contribution in [0, 0.1) is 5.92 Å². The van der Waals surface area contributed by atoms with E-state index >= 15 is 0 Å². The molecule has 2 amide bonds. The van der Waals surface area contributed by atoms with E-state index < -0.39 is 5.97 Å². The molecule has 0 aromatic rings. The lowest BCUT2D eigenvalue weighted by atomic mass is 9.85. The van der Waals surface area contributed by atoms with Crippen LogP contribution in [0.2, 0.25) is 0 Å². The molecule has 20 heavy (non-hydrogen) atoms. The van der Waals surface area contributed by atoms with Gasteiger partial charge in [-0.1, -0.05) is 12.8 Å². The van der Waals surface area contributed by atoms with Gasteiger partial charge in [0.25, 0.3) is 0 Å². The second-order valence-electron chi connectivity index (χ2n) is 6.11. The van der Waals surface area contributed by atoms with Crippen molar-refractivity contribution in [1.82, 2.24) is 9.80 Å². The molecular formula is C15H26N2O3. The number of hydrogen-bond acceptors (Lipinski definition) is 2. The molecule has 2 aliphatic rings. The van der Waals surface area contributed by atoms with Gasteiger partial charge in [0.15, 0.2) is 0 Å². The molecule has 114 valence electrons. The summed E-state index contributed by atoms with van der Waals surface area (Å²) in [6, 6.07) is 0.186. The molecule has 1 saturated carbocycles. The molecule has 0 aromatic heterocycles. The zero-order valence-corrected chi connectivity index (χ0v) is 12.5. The maximum atomic E-state index is 12.7. The van der Waals surface area contributed by atoms with E-state index in [9.17, 15) is 9.59 Å². The van der Waals surface area contributed by atoms with Crippen LogP contribution in [0.3, 0.4) is 0 Å². The van der Waals surface area contributed by atoms with Crippen molar-refractivity contribution in [1.29, 1.82) is 0 Å². The van der Waals surface area contributed by atoms with Gasteiger partial charge in [-0.3, -0.25) is 4.79 Å². The Morgan fingerprint density at radius 2 is 2.00 bits per heavy atom. The average molecular weight is 282 g/mol. The first-order chi connectivity index (χ1) is 9.54. The summed E-state index contributed by atoms with van der Waals surface area (Å²) in [5.41, 5.74) is 0. The molecule has 0 spiro atoms. The third-order valence-electron chi connectivity index (χ3n) is 4.84. The molecule has 1 aliphatic carbocycles. The number of nitrogens with zero attached hydrogens (tertiary/aromatic N) is 2. The van der Waals surface area contributed by atoms with Gasteiger partial charge in [0.05, 0.1) is 6.42 Å². The quantitative estimate of drug-likeness (QED) is 0.862. The number of aliphatic carboxylic acids is 1. The lowest BCUT2D eigenvalue weighted by Gasteiger charge is -2.37. The highest BCUT2D eigenvalue weighted by Crippen LogP contribution is 2.36. The Bertz CT molecular complexity index is 372. The summed E-state index contributed by atoms with van der Waals surface area (Å²) in [5.74, 6) is -0.179. The lowest BCUT2D eigenvalue weighted by molar-refractivity contribution is -0.138. The number of amides is 2. The number of carbonyl (C=O) groups is 2. The Hall–Kier alpha value is -1.26. The molecule has 3 unspecified atom stereocenters. The van der Waals surface area contributed by atoms with Crippen molar-refractivity contribution >= 4 is 12.0 Å². The van der Waals surface area contributed by atoms with Gasteiger partial charge in [-0.15, -0.1) is 0 Å². The van der Waals surface area contributed by atoms with Gasteiger partial charge in [0.1, 0.15) is 0 Å². The van der Waals surface area contributed by atoms with Crippen LogP contribution in [0.25, 0.3) is 0 Å². The Kier molecular flexibility index (Phi) is 4.89. The van der Waals surface area contributed by atoms with Gasteiger partial charge < -0.3 is 14.9 Å². The van der Waals surface area contributed by atoms with Crippen LogP contribution in [-0.4, -0.2) is 52.1 Å². The van der Waals surface area contributed by atoms with E-state index in [1.165, 1.54) is 19.3 Å². The first-order valence-electron chi connectivity index (χ1n) is 7.83. The highest BCUT2D eigenvalue weighted by atomic mass is 16.4. The van der Waals surface area contributed by atoms with Gasteiger partial charge in [-0.2, -0.15) is 0 Å². The Balaban J connectivity index is 2.02. The van der Waals surface area contributed by atoms with Crippen LogP contribution < -0.4 is 0 Å². The SMILES string of the molecule is CCN(C(=O)N1CCC2CCCCC21)C(C)CC(=O)O. The third kappa shape index (κ3) is 3.07. The largest absolute Gasteiger partial charge is 0.481 e. The summed E-state index contributed by atoms with van der Waals surface area (Å²) in [7, 11) is 0. The minimum Gasteiger partial charge on any atom is -0.481 e. The van der Waals surface area contributed by atoms with Crippen molar-refractivity contribution in [3.8, 4) is 0 Å². The highest BCUT2D eigenvalue weighted by molar-refractivity contribution is 5.76. The average Bonchev–Trinajstić information content (AvgIpc) is 2.82. The molecule has 1 aliphatic heterocycles. The zero-order chi connectivity index (χ0) is 14.7. The van der Waals surface area contributed by atoms with Crippen LogP contribution >= 0.6 is 0 Å². The topological polar surface area (TPSA) is 60.9 Å².